The number of aliphatic hydroxyl groups is 1. The third-order valence-corrected chi connectivity index (χ3v) is 3.27. The summed E-state index contributed by atoms with van der Waals surface area (Å²) in [4.78, 5) is 0. The van der Waals surface area contributed by atoms with Gasteiger partial charge < -0.3 is 15.2 Å². The second-order valence-electron chi connectivity index (χ2n) is 4.56. The molecule has 0 radical (unpaired) electrons. The number of nitrogens with one attached hydrogen (secondary N) is 1. The molecule has 18 heavy (non-hydrogen) atoms. The van der Waals surface area contributed by atoms with Crippen LogP contribution in [0.25, 0.3) is 0 Å². The van der Waals surface area contributed by atoms with Crippen molar-refractivity contribution in [2.24, 2.45) is 0 Å². The van der Waals surface area contributed by atoms with E-state index >= 15 is 0 Å². The van der Waals surface area contributed by atoms with Crippen LogP contribution in [0.2, 0.25) is 0 Å². The maximum atomic E-state index is 13.4. The van der Waals surface area contributed by atoms with Crippen molar-refractivity contribution < 1.29 is 18.6 Å². The van der Waals surface area contributed by atoms with Crippen LogP contribution in [0.15, 0.2) is 18.2 Å². The third kappa shape index (κ3) is 3.04. The molecule has 1 saturated heterocycles. The molecule has 3 unspecified atom stereocenters. The van der Waals surface area contributed by atoms with E-state index in [1.54, 1.807) is 0 Å². The minimum Gasteiger partial charge on any atom is -0.387 e. The van der Waals surface area contributed by atoms with Crippen molar-refractivity contribution in [3.8, 4) is 0 Å². The summed E-state index contributed by atoms with van der Waals surface area (Å²) in [6, 6.07) is 3.23. The SMILES string of the molecule is CC1OCCC1NCC(O)c1cc(F)ccc1F. The number of ether oxygens (including phenoxy) is 1. The minimum atomic E-state index is -1.06. The molecule has 1 aliphatic heterocycles. The lowest BCUT2D eigenvalue weighted by Gasteiger charge is -2.19. The first kappa shape index (κ1) is 13.4. The van der Waals surface area contributed by atoms with E-state index in [0.29, 0.717) is 6.61 Å². The second kappa shape index (κ2) is 5.73. The number of hydrogen-bond donors (Lipinski definition) is 2. The van der Waals surface area contributed by atoms with Crippen LogP contribution in [0.4, 0.5) is 8.78 Å². The van der Waals surface area contributed by atoms with E-state index < -0.39 is 17.7 Å². The van der Waals surface area contributed by atoms with E-state index in [1.165, 1.54) is 0 Å². The van der Waals surface area contributed by atoms with Gasteiger partial charge in [-0.2, -0.15) is 0 Å². The summed E-state index contributed by atoms with van der Waals surface area (Å²) in [6.07, 6.45) is -0.123. The van der Waals surface area contributed by atoms with E-state index in [2.05, 4.69) is 5.32 Å². The molecule has 1 aromatic carbocycles. The zero-order chi connectivity index (χ0) is 13.1. The van der Waals surface area contributed by atoms with E-state index in [4.69, 9.17) is 4.74 Å². The van der Waals surface area contributed by atoms with Crippen LogP contribution in [-0.4, -0.2) is 30.4 Å². The highest BCUT2D eigenvalue weighted by Gasteiger charge is 2.24. The summed E-state index contributed by atoms with van der Waals surface area (Å²) in [5, 5.41) is 13.0. The molecule has 1 fully saturated rings. The Morgan fingerprint density at radius 2 is 2.28 bits per heavy atom. The average Bonchev–Trinajstić information content (AvgIpc) is 2.75. The molecule has 0 aromatic heterocycles. The van der Waals surface area contributed by atoms with Crippen LogP contribution in [0.3, 0.4) is 0 Å². The summed E-state index contributed by atoms with van der Waals surface area (Å²) < 4.78 is 31.8. The van der Waals surface area contributed by atoms with Crippen molar-refractivity contribution in [2.45, 2.75) is 31.6 Å². The molecule has 3 atom stereocenters. The predicted molar refractivity (Wildman–Crippen MR) is 63.1 cm³/mol. The highest BCUT2D eigenvalue weighted by molar-refractivity contribution is 5.21. The van der Waals surface area contributed by atoms with Gasteiger partial charge in [0.1, 0.15) is 11.6 Å². The Morgan fingerprint density at radius 3 is 2.94 bits per heavy atom. The zero-order valence-corrected chi connectivity index (χ0v) is 10.2. The number of rotatable bonds is 4. The summed E-state index contributed by atoms with van der Waals surface area (Å²) >= 11 is 0. The highest BCUT2D eigenvalue weighted by atomic mass is 19.1. The summed E-state index contributed by atoms with van der Waals surface area (Å²) in [6.45, 7) is 2.81. The smallest absolute Gasteiger partial charge is 0.129 e. The second-order valence-corrected chi connectivity index (χ2v) is 4.56. The normalized spacial score (nSPS) is 25.3. The predicted octanol–water partition coefficient (Wildman–Crippen LogP) is 1.77. The van der Waals surface area contributed by atoms with Gasteiger partial charge in [0.15, 0.2) is 0 Å². The molecule has 3 nitrogen and oxygen atoms in total. The molecule has 1 heterocycles. The van der Waals surface area contributed by atoms with Crippen molar-refractivity contribution in [2.75, 3.05) is 13.2 Å². The van der Waals surface area contributed by atoms with E-state index in [1.807, 2.05) is 6.92 Å². The van der Waals surface area contributed by atoms with Crippen molar-refractivity contribution >= 4 is 0 Å². The maximum absolute atomic E-state index is 13.4. The van der Waals surface area contributed by atoms with Gasteiger partial charge in [-0.3, -0.25) is 0 Å². The molecule has 1 aliphatic rings. The fraction of sp³-hybridized carbons (Fsp3) is 0.538. The van der Waals surface area contributed by atoms with Gasteiger partial charge >= 0.3 is 0 Å². The van der Waals surface area contributed by atoms with Crippen molar-refractivity contribution in [1.82, 2.24) is 5.32 Å². The van der Waals surface area contributed by atoms with Gasteiger partial charge in [0.05, 0.1) is 12.2 Å². The lowest BCUT2D eigenvalue weighted by Crippen LogP contribution is -2.37. The quantitative estimate of drug-likeness (QED) is 0.863. The first-order valence-corrected chi connectivity index (χ1v) is 6.06. The van der Waals surface area contributed by atoms with Gasteiger partial charge in [0.25, 0.3) is 0 Å². The van der Waals surface area contributed by atoms with Crippen LogP contribution >= 0.6 is 0 Å². The molecule has 1 aromatic rings. The van der Waals surface area contributed by atoms with Gasteiger partial charge in [-0.15, -0.1) is 0 Å². The summed E-state index contributed by atoms with van der Waals surface area (Å²) in [7, 11) is 0. The molecule has 0 bridgehead atoms. The standard InChI is InChI=1S/C13H17F2NO2/c1-8-12(4-5-18-8)16-7-13(17)10-6-9(14)2-3-11(10)15/h2-3,6,8,12-13,16-17H,4-5,7H2,1H3. The molecule has 2 rings (SSSR count). The Labute approximate surface area is 105 Å². The lowest BCUT2D eigenvalue weighted by atomic mass is 10.1. The van der Waals surface area contributed by atoms with Gasteiger partial charge in [-0.1, -0.05) is 0 Å². The first-order chi connectivity index (χ1) is 8.58. The van der Waals surface area contributed by atoms with Gasteiger partial charge in [-0.05, 0) is 31.5 Å². The molecule has 5 heteroatoms. The number of hydrogen-bond acceptors (Lipinski definition) is 3. The van der Waals surface area contributed by atoms with Gasteiger partial charge in [0.2, 0.25) is 0 Å². The third-order valence-electron chi connectivity index (χ3n) is 3.27. The fourth-order valence-corrected chi connectivity index (χ4v) is 2.14. The summed E-state index contributed by atoms with van der Waals surface area (Å²) in [5.41, 5.74) is -0.0194. The Balaban J connectivity index is 1.94. The monoisotopic (exact) mass is 257 g/mol. The molecule has 2 N–H and O–H groups in total. The molecule has 0 spiro atoms. The molecular weight excluding hydrogens is 240 g/mol. The molecule has 0 aliphatic carbocycles. The van der Waals surface area contributed by atoms with Crippen LogP contribution in [0.5, 0.6) is 0 Å². The largest absolute Gasteiger partial charge is 0.387 e. The molecule has 0 amide bonds. The number of halogens is 2. The Kier molecular flexibility index (Phi) is 4.27. The van der Waals surface area contributed by atoms with Crippen LogP contribution < -0.4 is 5.32 Å². The van der Waals surface area contributed by atoms with Crippen LogP contribution in [0.1, 0.15) is 25.0 Å². The molecular formula is C13H17F2NO2. The Bertz CT molecular complexity index is 414. The number of benzene rings is 1. The van der Waals surface area contributed by atoms with Crippen molar-refractivity contribution in [1.29, 1.82) is 0 Å². The van der Waals surface area contributed by atoms with Crippen LogP contribution in [-0.2, 0) is 4.74 Å². The molecule has 100 valence electrons. The average molecular weight is 257 g/mol. The van der Waals surface area contributed by atoms with Crippen molar-refractivity contribution in [3.63, 3.8) is 0 Å². The fourth-order valence-electron chi connectivity index (χ4n) is 2.14. The maximum Gasteiger partial charge on any atom is 0.129 e. The highest BCUT2D eigenvalue weighted by Crippen LogP contribution is 2.19. The topological polar surface area (TPSA) is 41.5 Å². The zero-order valence-electron chi connectivity index (χ0n) is 10.2. The lowest BCUT2D eigenvalue weighted by molar-refractivity contribution is 0.106. The minimum absolute atomic E-state index is 0.0194. The van der Waals surface area contributed by atoms with E-state index in [0.717, 1.165) is 24.6 Å². The van der Waals surface area contributed by atoms with Gasteiger partial charge in [0, 0.05) is 24.8 Å². The van der Waals surface area contributed by atoms with E-state index in [-0.39, 0.29) is 24.3 Å². The molecule has 0 saturated carbocycles. The van der Waals surface area contributed by atoms with Gasteiger partial charge in [-0.25, -0.2) is 8.78 Å². The van der Waals surface area contributed by atoms with Crippen LogP contribution in [0, 0.1) is 11.6 Å². The van der Waals surface area contributed by atoms with E-state index in [9.17, 15) is 13.9 Å². The Morgan fingerprint density at radius 1 is 1.50 bits per heavy atom. The first-order valence-electron chi connectivity index (χ1n) is 6.06. The number of aliphatic hydroxyl groups excluding tert-OH is 1. The Hall–Kier alpha value is -1.04. The summed E-state index contributed by atoms with van der Waals surface area (Å²) in [5.74, 6) is -1.15. The van der Waals surface area contributed by atoms with Crippen molar-refractivity contribution in [3.05, 3.63) is 35.4 Å².